The van der Waals surface area contributed by atoms with Crippen molar-refractivity contribution in [2.24, 2.45) is 0 Å². The monoisotopic (exact) mass is 318 g/mol. The molecule has 7 nitrogen and oxygen atoms in total. The molecule has 0 fully saturated rings. The first kappa shape index (κ1) is 14.7. The number of nitrogens with zero attached hydrogens (tertiary/aromatic N) is 3. The molecule has 0 aromatic carbocycles. The van der Waals surface area contributed by atoms with Gasteiger partial charge in [0.05, 0.1) is 5.69 Å². The summed E-state index contributed by atoms with van der Waals surface area (Å²) in [5, 5.41) is 11.8. The van der Waals surface area contributed by atoms with Crippen LogP contribution in [0.3, 0.4) is 0 Å². The Hall–Kier alpha value is -2.22. The molecule has 1 atom stereocenters. The van der Waals surface area contributed by atoms with E-state index in [1.807, 2.05) is 5.38 Å². The molecule has 1 aliphatic heterocycles. The van der Waals surface area contributed by atoms with E-state index in [1.165, 1.54) is 17.7 Å². The summed E-state index contributed by atoms with van der Waals surface area (Å²) >= 11 is 1.51. The van der Waals surface area contributed by atoms with Crippen LogP contribution >= 0.6 is 11.3 Å². The molecule has 3 heterocycles. The maximum absolute atomic E-state index is 11.8. The quantitative estimate of drug-likeness (QED) is 0.788. The Labute approximate surface area is 132 Å². The Kier molecular flexibility index (Phi) is 3.48. The van der Waals surface area contributed by atoms with Crippen LogP contribution in [0.25, 0.3) is 0 Å². The van der Waals surface area contributed by atoms with E-state index < -0.39 is 0 Å². The molecule has 2 aromatic rings. The molecule has 0 spiro atoms. The average Bonchev–Trinajstić information content (AvgIpc) is 2.89. The fourth-order valence-corrected chi connectivity index (χ4v) is 2.92. The van der Waals surface area contributed by atoms with Gasteiger partial charge in [-0.3, -0.25) is 4.79 Å². The summed E-state index contributed by atoms with van der Waals surface area (Å²) in [5.74, 6) is 1.03. The molecule has 0 bridgehead atoms. The van der Waals surface area contributed by atoms with Crippen LogP contribution in [-0.4, -0.2) is 26.9 Å². The molecule has 1 amide bonds. The van der Waals surface area contributed by atoms with Crippen molar-refractivity contribution in [3.05, 3.63) is 17.4 Å². The number of hydrogen-bond acceptors (Lipinski definition) is 7. The number of nitrogens with one attached hydrogen (secondary N) is 3. The minimum Gasteiger partial charge on any atom is -0.357 e. The lowest BCUT2D eigenvalue weighted by Crippen LogP contribution is -2.37. The number of amides is 1. The van der Waals surface area contributed by atoms with Crippen LogP contribution in [0.1, 0.15) is 33.4 Å². The van der Waals surface area contributed by atoms with Gasteiger partial charge in [0.2, 0.25) is 5.91 Å². The van der Waals surface area contributed by atoms with Gasteiger partial charge in [-0.15, -0.1) is 11.3 Å². The van der Waals surface area contributed by atoms with Crippen molar-refractivity contribution in [1.29, 1.82) is 0 Å². The molecule has 1 unspecified atom stereocenters. The van der Waals surface area contributed by atoms with Crippen LogP contribution < -0.4 is 16.0 Å². The summed E-state index contributed by atoms with van der Waals surface area (Å²) in [7, 11) is 0. The molecule has 0 saturated heterocycles. The van der Waals surface area contributed by atoms with E-state index in [4.69, 9.17) is 0 Å². The molecule has 0 saturated carbocycles. The molecule has 116 valence electrons. The third-order valence-corrected chi connectivity index (χ3v) is 4.10. The summed E-state index contributed by atoms with van der Waals surface area (Å²) in [5.41, 5.74) is 1.56. The Morgan fingerprint density at radius 2 is 2.09 bits per heavy atom. The van der Waals surface area contributed by atoms with Gasteiger partial charge in [0.1, 0.15) is 18.1 Å². The summed E-state index contributed by atoms with van der Waals surface area (Å²) in [4.78, 5) is 24.8. The highest BCUT2D eigenvalue weighted by molar-refractivity contribution is 7.13. The molecule has 1 aliphatic rings. The standard InChI is InChI=1S/C14H18N6OS/c1-7-12(21)19-9-10(17-7)15-6-16-11(9)20-13-18-8(5-22-13)14(2,3)4/h5-7H,1-4H3,(H,19,21)(H2,15,16,17,18,20). The van der Waals surface area contributed by atoms with Crippen molar-refractivity contribution >= 4 is 39.7 Å². The molecular formula is C14H18N6OS. The van der Waals surface area contributed by atoms with E-state index in [2.05, 4.69) is 51.7 Å². The fraction of sp³-hybridized carbons (Fsp3) is 0.429. The van der Waals surface area contributed by atoms with Crippen molar-refractivity contribution in [2.45, 2.75) is 39.2 Å². The second-order valence-corrected chi connectivity index (χ2v) is 7.07. The minimum absolute atomic E-state index is 0.00721. The summed E-state index contributed by atoms with van der Waals surface area (Å²) in [6, 6.07) is -0.317. The molecule has 22 heavy (non-hydrogen) atoms. The molecule has 2 aromatic heterocycles. The number of hydrogen-bond donors (Lipinski definition) is 3. The SMILES string of the molecule is CC1Nc2ncnc(Nc3nc(C(C)(C)C)cs3)c2NC1=O. The number of thiazole rings is 1. The predicted octanol–water partition coefficient (Wildman–Crippen LogP) is 2.73. The maximum atomic E-state index is 11.8. The Morgan fingerprint density at radius 3 is 2.77 bits per heavy atom. The summed E-state index contributed by atoms with van der Waals surface area (Å²) < 4.78 is 0. The van der Waals surface area contributed by atoms with Gasteiger partial charge >= 0.3 is 0 Å². The Bertz CT molecular complexity index is 720. The highest BCUT2D eigenvalue weighted by atomic mass is 32.1. The van der Waals surface area contributed by atoms with Gasteiger partial charge in [-0.2, -0.15) is 0 Å². The van der Waals surface area contributed by atoms with Crippen LogP contribution in [0.4, 0.5) is 22.5 Å². The second-order valence-electron chi connectivity index (χ2n) is 6.21. The van der Waals surface area contributed by atoms with Gasteiger partial charge in [-0.05, 0) is 6.92 Å². The van der Waals surface area contributed by atoms with Gasteiger partial charge in [-0.1, -0.05) is 20.8 Å². The molecule has 3 rings (SSSR count). The molecule has 0 aliphatic carbocycles. The third-order valence-electron chi connectivity index (χ3n) is 3.34. The lowest BCUT2D eigenvalue weighted by Gasteiger charge is -2.24. The largest absolute Gasteiger partial charge is 0.357 e. The van der Waals surface area contributed by atoms with Crippen molar-refractivity contribution < 1.29 is 4.79 Å². The Morgan fingerprint density at radius 1 is 1.32 bits per heavy atom. The zero-order chi connectivity index (χ0) is 15.9. The van der Waals surface area contributed by atoms with E-state index in [0.29, 0.717) is 17.3 Å². The van der Waals surface area contributed by atoms with Crippen LogP contribution in [0.15, 0.2) is 11.7 Å². The number of anilines is 4. The first-order valence-corrected chi connectivity index (χ1v) is 7.88. The minimum atomic E-state index is -0.317. The lowest BCUT2D eigenvalue weighted by atomic mass is 9.93. The normalized spacial score (nSPS) is 17.5. The van der Waals surface area contributed by atoms with Gasteiger partial charge in [0.15, 0.2) is 16.8 Å². The number of aromatic nitrogens is 3. The van der Waals surface area contributed by atoms with Gasteiger partial charge < -0.3 is 16.0 Å². The first-order chi connectivity index (χ1) is 10.3. The van der Waals surface area contributed by atoms with Crippen LogP contribution in [0, 0.1) is 0 Å². The zero-order valence-corrected chi connectivity index (χ0v) is 13.7. The predicted molar refractivity (Wildman–Crippen MR) is 87.8 cm³/mol. The Balaban J connectivity index is 1.89. The van der Waals surface area contributed by atoms with E-state index in [-0.39, 0.29) is 17.4 Å². The van der Waals surface area contributed by atoms with Crippen LogP contribution in [-0.2, 0) is 10.2 Å². The van der Waals surface area contributed by atoms with E-state index >= 15 is 0 Å². The van der Waals surface area contributed by atoms with Crippen LogP contribution in [0.2, 0.25) is 0 Å². The second kappa shape index (κ2) is 5.20. The molecule has 3 N–H and O–H groups in total. The number of carbonyl (C=O) groups is 1. The van der Waals surface area contributed by atoms with Crippen molar-refractivity contribution in [2.75, 3.05) is 16.0 Å². The third kappa shape index (κ3) is 2.74. The first-order valence-electron chi connectivity index (χ1n) is 7.00. The topological polar surface area (TPSA) is 91.8 Å². The van der Waals surface area contributed by atoms with Gasteiger partial charge in [0.25, 0.3) is 0 Å². The highest BCUT2D eigenvalue weighted by Crippen LogP contribution is 2.34. The van der Waals surface area contributed by atoms with Crippen LogP contribution in [0.5, 0.6) is 0 Å². The molecule has 0 radical (unpaired) electrons. The number of rotatable bonds is 2. The van der Waals surface area contributed by atoms with E-state index in [9.17, 15) is 4.79 Å². The number of carbonyl (C=O) groups excluding carboxylic acids is 1. The average molecular weight is 318 g/mol. The van der Waals surface area contributed by atoms with Crippen molar-refractivity contribution in [1.82, 2.24) is 15.0 Å². The highest BCUT2D eigenvalue weighted by Gasteiger charge is 2.26. The fourth-order valence-electron chi connectivity index (χ4n) is 1.99. The van der Waals surface area contributed by atoms with Crippen molar-refractivity contribution in [3.8, 4) is 0 Å². The van der Waals surface area contributed by atoms with Crippen molar-refractivity contribution in [3.63, 3.8) is 0 Å². The van der Waals surface area contributed by atoms with E-state index in [0.717, 1.165) is 10.8 Å². The molecule has 8 heteroatoms. The summed E-state index contributed by atoms with van der Waals surface area (Å²) in [6.45, 7) is 8.13. The van der Waals surface area contributed by atoms with Gasteiger partial charge in [0, 0.05) is 10.8 Å². The smallest absolute Gasteiger partial charge is 0.246 e. The zero-order valence-electron chi connectivity index (χ0n) is 12.9. The molecular weight excluding hydrogens is 300 g/mol. The summed E-state index contributed by atoms with van der Waals surface area (Å²) in [6.07, 6.45) is 1.45. The lowest BCUT2D eigenvalue weighted by molar-refractivity contribution is -0.116. The van der Waals surface area contributed by atoms with E-state index in [1.54, 1.807) is 6.92 Å². The maximum Gasteiger partial charge on any atom is 0.246 e. The van der Waals surface area contributed by atoms with Gasteiger partial charge in [-0.25, -0.2) is 15.0 Å². The number of fused-ring (bicyclic) bond motifs is 1.